The van der Waals surface area contributed by atoms with E-state index in [1.54, 1.807) is 0 Å². The molecule has 0 radical (unpaired) electrons. The minimum atomic E-state index is -0.0736. The Morgan fingerprint density at radius 3 is 1.68 bits per heavy atom. The minimum absolute atomic E-state index is 0.0736. The lowest BCUT2D eigenvalue weighted by molar-refractivity contribution is 0.662. The number of fused-ring (bicyclic) bond motifs is 5. The maximum absolute atomic E-state index is 5.24. The molecule has 1 aromatic heterocycles. The lowest BCUT2D eigenvalue weighted by atomic mass is 9.79. The second-order valence-electron chi connectivity index (χ2n) is 16.1. The molecule has 2 nitrogen and oxygen atoms in total. The monoisotopic (exact) mass is 752 g/mol. The Kier molecular flexibility index (Phi) is 8.20. The summed E-state index contributed by atoms with van der Waals surface area (Å²) in [5.41, 5.74) is 17.6. The van der Waals surface area contributed by atoms with E-state index >= 15 is 0 Å². The lowest BCUT2D eigenvalue weighted by Crippen LogP contribution is -2.16. The molecule has 0 N–H and O–H groups in total. The standard InChI is InChI=1S/C57H40N2/c1-57(2)52-22-11-10-19-49(52)51-21-12-20-46(55(51)57)40-28-26-39(27-29-40)45-33-34-50(48-18-9-8-17-47(45)48)54-36-53(58-56(59-54)42-14-4-3-5-15-42)41-30-23-38(24-31-41)44-32-25-37-13-6-7-16-43(37)35-44/h3-36H,1-2H3. The summed E-state index contributed by atoms with van der Waals surface area (Å²) >= 11 is 0. The van der Waals surface area contributed by atoms with Crippen LogP contribution in [0.5, 0.6) is 0 Å². The Hall–Kier alpha value is -7.42. The summed E-state index contributed by atoms with van der Waals surface area (Å²) in [5.74, 6) is 0.708. The SMILES string of the molecule is CC1(C)c2ccccc2-c2cccc(-c3ccc(-c4ccc(-c5cc(-c6ccc(-c7ccc8ccccc8c7)cc6)nc(-c6ccccc6)n5)c5ccccc45)cc3)c21. The molecular weight excluding hydrogens is 713 g/mol. The van der Waals surface area contributed by atoms with Crippen molar-refractivity contribution >= 4 is 21.5 Å². The number of benzene rings is 9. The van der Waals surface area contributed by atoms with Gasteiger partial charge in [-0.15, -0.1) is 0 Å². The van der Waals surface area contributed by atoms with Gasteiger partial charge in [0.05, 0.1) is 11.4 Å². The van der Waals surface area contributed by atoms with Crippen LogP contribution in [0.1, 0.15) is 25.0 Å². The maximum atomic E-state index is 5.24. The van der Waals surface area contributed by atoms with Crippen molar-refractivity contribution < 1.29 is 0 Å². The van der Waals surface area contributed by atoms with E-state index in [0.29, 0.717) is 5.82 Å². The van der Waals surface area contributed by atoms with Crippen LogP contribution in [-0.2, 0) is 5.41 Å². The molecule has 10 aromatic rings. The van der Waals surface area contributed by atoms with Crippen LogP contribution in [-0.4, -0.2) is 9.97 Å². The molecule has 278 valence electrons. The summed E-state index contributed by atoms with van der Waals surface area (Å²) in [7, 11) is 0. The van der Waals surface area contributed by atoms with Crippen LogP contribution in [0.2, 0.25) is 0 Å². The molecule has 11 rings (SSSR count). The van der Waals surface area contributed by atoms with Gasteiger partial charge in [-0.2, -0.15) is 0 Å². The van der Waals surface area contributed by atoms with Crippen LogP contribution in [0.3, 0.4) is 0 Å². The van der Waals surface area contributed by atoms with E-state index in [4.69, 9.17) is 9.97 Å². The first-order valence-corrected chi connectivity index (χ1v) is 20.4. The van der Waals surface area contributed by atoms with Crippen molar-refractivity contribution in [2.24, 2.45) is 0 Å². The predicted octanol–water partition coefficient (Wildman–Crippen LogP) is 15.1. The third-order valence-electron chi connectivity index (χ3n) is 12.3. The number of rotatable bonds is 6. The van der Waals surface area contributed by atoms with E-state index < -0.39 is 0 Å². The fraction of sp³-hybridized carbons (Fsp3) is 0.0526. The largest absolute Gasteiger partial charge is 0.228 e. The zero-order valence-electron chi connectivity index (χ0n) is 33.0. The van der Waals surface area contributed by atoms with Crippen molar-refractivity contribution in [1.29, 1.82) is 0 Å². The third kappa shape index (κ3) is 5.96. The van der Waals surface area contributed by atoms with E-state index in [-0.39, 0.29) is 5.41 Å². The molecule has 59 heavy (non-hydrogen) atoms. The molecule has 1 heterocycles. The fourth-order valence-corrected chi connectivity index (χ4v) is 9.34. The van der Waals surface area contributed by atoms with Crippen LogP contribution in [0, 0.1) is 0 Å². The average Bonchev–Trinajstić information content (AvgIpc) is 3.54. The van der Waals surface area contributed by atoms with E-state index in [0.717, 1.165) is 33.5 Å². The Morgan fingerprint density at radius 2 is 0.881 bits per heavy atom. The molecule has 0 bridgehead atoms. The molecule has 0 saturated carbocycles. The first-order valence-electron chi connectivity index (χ1n) is 20.4. The second kappa shape index (κ2) is 13.9. The van der Waals surface area contributed by atoms with Crippen LogP contribution in [0.4, 0.5) is 0 Å². The van der Waals surface area contributed by atoms with Gasteiger partial charge in [-0.1, -0.05) is 208 Å². The van der Waals surface area contributed by atoms with Crippen molar-refractivity contribution in [3.63, 3.8) is 0 Å². The van der Waals surface area contributed by atoms with E-state index in [9.17, 15) is 0 Å². The molecular formula is C57H40N2. The zero-order chi connectivity index (χ0) is 39.5. The van der Waals surface area contributed by atoms with Gasteiger partial charge in [0.15, 0.2) is 5.82 Å². The highest BCUT2D eigenvalue weighted by Crippen LogP contribution is 2.52. The second-order valence-corrected chi connectivity index (χ2v) is 16.1. The van der Waals surface area contributed by atoms with E-state index in [1.807, 2.05) is 18.2 Å². The molecule has 9 aromatic carbocycles. The summed E-state index contributed by atoms with van der Waals surface area (Å²) in [4.78, 5) is 10.4. The van der Waals surface area contributed by atoms with Crippen molar-refractivity contribution in [2.75, 3.05) is 0 Å². The summed E-state index contributed by atoms with van der Waals surface area (Å²) < 4.78 is 0. The topological polar surface area (TPSA) is 25.8 Å². The summed E-state index contributed by atoms with van der Waals surface area (Å²) in [5, 5.41) is 4.83. The molecule has 0 amide bonds. The molecule has 2 heteroatoms. The van der Waals surface area contributed by atoms with E-state index in [2.05, 4.69) is 202 Å². The quantitative estimate of drug-likeness (QED) is 0.169. The molecule has 0 atom stereocenters. The van der Waals surface area contributed by atoms with Gasteiger partial charge >= 0.3 is 0 Å². The Balaban J connectivity index is 0.976. The first kappa shape index (κ1) is 34.8. The number of hydrogen-bond donors (Lipinski definition) is 0. The molecule has 0 spiro atoms. The molecule has 0 fully saturated rings. The van der Waals surface area contributed by atoms with Gasteiger partial charge in [-0.05, 0) is 89.3 Å². The van der Waals surface area contributed by atoms with Crippen LogP contribution < -0.4 is 0 Å². The van der Waals surface area contributed by atoms with Gasteiger partial charge in [0.25, 0.3) is 0 Å². The fourth-order valence-electron chi connectivity index (χ4n) is 9.34. The third-order valence-corrected chi connectivity index (χ3v) is 12.3. The summed E-state index contributed by atoms with van der Waals surface area (Å²) in [6.45, 7) is 4.71. The summed E-state index contributed by atoms with van der Waals surface area (Å²) in [6, 6.07) is 74.3. The Bertz CT molecular complexity index is 3210. The van der Waals surface area contributed by atoms with Crippen molar-refractivity contribution in [1.82, 2.24) is 9.97 Å². The Labute approximate surface area is 345 Å². The highest BCUT2D eigenvalue weighted by Gasteiger charge is 2.37. The van der Waals surface area contributed by atoms with Gasteiger partial charge in [0.1, 0.15) is 0 Å². The number of hydrogen-bond acceptors (Lipinski definition) is 2. The Morgan fingerprint density at radius 1 is 0.322 bits per heavy atom. The molecule has 0 unspecified atom stereocenters. The zero-order valence-corrected chi connectivity index (χ0v) is 33.0. The van der Waals surface area contributed by atoms with Gasteiger partial charge in [-0.25, -0.2) is 9.97 Å². The predicted molar refractivity (Wildman–Crippen MR) is 247 cm³/mol. The van der Waals surface area contributed by atoms with Crippen molar-refractivity contribution in [3.8, 4) is 78.4 Å². The highest BCUT2D eigenvalue weighted by molar-refractivity contribution is 6.05. The highest BCUT2D eigenvalue weighted by atomic mass is 14.9. The molecule has 1 aliphatic rings. The smallest absolute Gasteiger partial charge is 0.160 e. The first-order chi connectivity index (χ1) is 29.0. The van der Waals surface area contributed by atoms with Crippen LogP contribution in [0.15, 0.2) is 206 Å². The molecule has 0 aliphatic heterocycles. The molecule has 1 aliphatic carbocycles. The average molecular weight is 753 g/mol. The number of nitrogens with zero attached hydrogens (tertiary/aromatic N) is 2. The van der Waals surface area contributed by atoms with Gasteiger partial charge in [0, 0.05) is 22.1 Å². The lowest BCUT2D eigenvalue weighted by Gasteiger charge is -2.24. The normalized spacial score (nSPS) is 12.7. The van der Waals surface area contributed by atoms with Gasteiger partial charge in [0.2, 0.25) is 0 Å². The van der Waals surface area contributed by atoms with Crippen molar-refractivity contribution in [2.45, 2.75) is 19.3 Å². The van der Waals surface area contributed by atoms with E-state index in [1.165, 1.54) is 71.8 Å². The minimum Gasteiger partial charge on any atom is -0.228 e. The van der Waals surface area contributed by atoms with Gasteiger partial charge in [-0.3, -0.25) is 0 Å². The number of aromatic nitrogens is 2. The molecule has 0 saturated heterocycles. The maximum Gasteiger partial charge on any atom is 0.160 e. The van der Waals surface area contributed by atoms with Gasteiger partial charge < -0.3 is 0 Å². The van der Waals surface area contributed by atoms with Crippen LogP contribution >= 0.6 is 0 Å². The van der Waals surface area contributed by atoms with Crippen molar-refractivity contribution in [3.05, 3.63) is 217 Å². The summed E-state index contributed by atoms with van der Waals surface area (Å²) in [6.07, 6.45) is 0. The van der Waals surface area contributed by atoms with Crippen LogP contribution in [0.25, 0.3) is 100.0 Å².